The van der Waals surface area contributed by atoms with Crippen molar-refractivity contribution in [1.29, 1.82) is 0 Å². The summed E-state index contributed by atoms with van der Waals surface area (Å²) in [6.45, 7) is 1.55. The van der Waals surface area contributed by atoms with Gasteiger partial charge in [-0.25, -0.2) is 0 Å². The molecule has 0 aromatic rings. The zero-order chi connectivity index (χ0) is 12.7. The van der Waals surface area contributed by atoms with E-state index in [1.807, 2.05) is 0 Å². The number of hydrogen-bond donors (Lipinski definition) is 3. The van der Waals surface area contributed by atoms with E-state index in [-0.39, 0.29) is 18.1 Å². The van der Waals surface area contributed by atoms with Gasteiger partial charge in [-0.05, 0) is 39.0 Å². The Hall–Kier alpha value is -0.450. The Kier molecular flexibility index (Phi) is 6.70. The van der Waals surface area contributed by atoms with Crippen LogP contribution in [0.3, 0.4) is 0 Å². The van der Waals surface area contributed by atoms with Crippen LogP contribution < -0.4 is 11.1 Å². The molecule has 0 radical (unpaired) electrons. The number of aliphatic hydroxyl groups excluding tert-OH is 1. The summed E-state index contributed by atoms with van der Waals surface area (Å²) in [6, 6.07) is 0.142. The molecule has 3 atom stereocenters. The van der Waals surface area contributed by atoms with Crippen molar-refractivity contribution in [1.82, 2.24) is 5.32 Å². The number of carbonyl (C=O) groups excluding carboxylic acids is 1. The first-order valence-electron chi connectivity index (χ1n) is 6.79. The predicted octanol–water partition coefficient (Wildman–Crippen LogP) is 1.31. The number of rotatable bonds is 6. The Morgan fingerprint density at radius 3 is 2.82 bits per heavy atom. The monoisotopic (exact) mass is 242 g/mol. The van der Waals surface area contributed by atoms with Gasteiger partial charge in [0.25, 0.3) is 0 Å². The summed E-state index contributed by atoms with van der Waals surface area (Å²) < 4.78 is 0. The lowest BCUT2D eigenvalue weighted by Crippen LogP contribution is -2.36. The molecule has 3 unspecified atom stereocenters. The lowest BCUT2D eigenvalue weighted by Gasteiger charge is -2.19. The lowest BCUT2D eigenvalue weighted by atomic mass is 10.0. The average Bonchev–Trinajstić information content (AvgIpc) is 2.48. The van der Waals surface area contributed by atoms with Crippen LogP contribution in [0.4, 0.5) is 0 Å². The summed E-state index contributed by atoms with van der Waals surface area (Å²) in [5, 5.41) is 12.8. The second kappa shape index (κ2) is 7.80. The first kappa shape index (κ1) is 14.6. The minimum Gasteiger partial charge on any atom is -0.379 e. The molecule has 0 bridgehead atoms. The highest BCUT2D eigenvalue weighted by Crippen LogP contribution is 2.16. The molecular formula is C13H26N2O2. The van der Waals surface area contributed by atoms with Crippen LogP contribution in [0.5, 0.6) is 0 Å². The van der Waals surface area contributed by atoms with E-state index in [2.05, 4.69) is 5.32 Å². The van der Waals surface area contributed by atoms with Crippen molar-refractivity contribution < 1.29 is 9.90 Å². The van der Waals surface area contributed by atoms with Gasteiger partial charge in [-0.2, -0.15) is 0 Å². The van der Waals surface area contributed by atoms with Crippen LogP contribution in [-0.4, -0.2) is 29.2 Å². The largest absolute Gasteiger partial charge is 0.379 e. The Morgan fingerprint density at radius 1 is 1.41 bits per heavy atom. The molecule has 100 valence electrons. The maximum absolute atomic E-state index is 11.0. The van der Waals surface area contributed by atoms with Gasteiger partial charge in [0.1, 0.15) is 12.0 Å². The molecule has 17 heavy (non-hydrogen) atoms. The number of Topliss-reactive ketones (excluding diaryl/α,β-unsaturated/α-hetero) is 1. The second-order valence-corrected chi connectivity index (χ2v) is 5.17. The maximum atomic E-state index is 11.0. The zero-order valence-corrected chi connectivity index (χ0v) is 10.8. The smallest absolute Gasteiger partial charge is 0.146 e. The first-order chi connectivity index (χ1) is 8.09. The standard InChI is InChI=1S/C13H26N2O2/c1-10(16)12(14)8-4-2-6-11-7-3-5-9-13(17)15-11/h11-13,15,17H,2-9,14H2,1H3. The minimum absolute atomic E-state index is 0.0769. The third-order valence-corrected chi connectivity index (χ3v) is 3.55. The molecular weight excluding hydrogens is 216 g/mol. The molecule has 4 N–H and O–H groups in total. The van der Waals surface area contributed by atoms with Crippen LogP contribution in [0.1, 0.15) is 58.3 Å². The molecule has 1 aliphatic heterocycles. The molecule has 0 saturated carbocycles. The van der Waals surface area contributed by atoms with Crippen molar-refractivity contribution in [2.45, 2.75) is 76.6 Å². The van der Waals surface area contributed by atoms with E-state index in [0.717, 1.165) is 44.9 Å². The number of nitrogens with two attached hydrogens (primary N) is 1. The van der Waals surface area contributed by atoms with E-state index < -0.39 is 0 Å². The van der Waals surface area contributed by atoms with Crippen molar-refractivity contribution >= 4 is 5.78 Å². The molecule has 4 heteroatoms. The van der Waals surface area contributed by atoms with Gasteiger partial charge in [-0.15, -0.1) is 0 Å². The molecule has 4 nitrogen and oxygen atoms in total. The van der Waals surface area contributed by atoms with E-state index >= 15 is 0 Å². The third kappa shape index (κ3) is 6.15. The molecule has 1 aliphatic rings. The van der Waals surface area contributed by atoms with E-state index in [0.29, 0.717) is 6.04 Å². The highest BCUT2D eigenvalue weighted by Gasteiger charge is 2.16. The first-order valence-corrected chi connectivity index (χ1v) is 6.79. The fraction of sp³-hybridized carbons (Fsp3) is 0.923. The quantitative estimate of drug-likeness (QED) is 0.614. The van der Waals surface area contributed by atoms with Crippen molar-refractivity contribution in [3.63, 3.8) is 0 Å². The summed E-state index contributed by atoms with van der Waals surface area (Å²) in [7, 11) is 0. The van der Waals surface area contributed by atoms with Gasteiger partial charge in [0, 0.05) is 6.04 Å². The van der Waals surface area contributed by atoms with E-state index in [1.165, 1.54) is 6.42 Å². The van der Waals surface area contributed by atoms with Crippen LogP contribution >= 0.6 is 0 Å². The molecule has 1 rings (SSSR count). The Morgan fingerprint density at radius 2 is 2.12 bits per heavy atom. The van der Waals surface area contributed by atoms with E-state index in [4.69, 9.17) is 5.73 Å². The van der Waals surface area contributed by atoms with E-state index in [1.54, 1.807) is 6.92 Å². The number of carbonyl (C=O) groups is 1. The molecule has 0 spiro atoms. The SMILES string of the molecule is CC(=O)C(N)CCCCC1CCCCC(O)N1. The van der Waals surface area contributed by atoms with Gasteiger partial charge in [-0.1, -0.05) is 19.3 Å². The van der Waals surface area contributed by atoms with Crippen LogP contribution in [0.25, 0.3) is 0 Å². The molecule has 0 aromatic carbocycles. The van der Waals surface area contributed by atoms with Gasteiger partial charge in [0.15, 0.2) is 0 Å². The predicted molar refractivity (Wildman–Crippen MR) is 68.5 cm³/mol. The van der Waals surface area contributed by atoms with Crippen molar-refractivity contribution in [3.8, 4) is 0 Å². The van der Waals surface area contributed by atoms with Gasteiger partial charge in [0.05, 0.1) is 6.04 Å². The second-order valence-electron chi connectivity index (χ2n) is 5.17. The molecule has 0 aromatic heterocycles. The van der Waals surface area contributed by atoms with Crippen molar-refractivity contribution in [3.05, 3.63) is 0 Å². The summed E-state index contributed by atoms with van der Waals surface area (Å²) >= 11 is 0. The number of aliphatic hydroxyl groups is 1. The third-order valence-electron chi connectivity index (χ3n) is 3.55. The molecule has 1 heterocycles. The maximum Gasteiger partial charge on any atom is 0.146 e. The van der Waals surface area contributed by atoms with Crippen molar-refractivity contribution in [2.75, 3.05) is 0 Å². The van der Waals surface area contributed by atoms with Crippen LogP contribution in [0.15, 0.2) is 0 Å². The summed E-state index contributed by atoms with van der Waals surface area (Å²) in [5.41, 5.74) is 5.68. The minimum atomic E-state index is -0.332. The Bertz CT molecular complexity index is 233. The van der Waals surface area contributed by atoms with E-state index in [9.17, 15) is 9.90 Å². The molecule has 0 amide bonds. The Labute approximate surface area is 104 Å². The molecule has 0 aliphatic carbocycles. The topological polar surface area (TPSA) is 75.4 Å². The summed E-state index contributed by atoms with van der Waals surface area (Å²) in [5.74, 6) is 0.0769. The van der Waals surface area contributed by atoms with Crippen molar-refractivity contribution in [2.24, 2.45) is 5.73 Å². The number of nitrogens with one attached hydrogen (secondary N) is 1. The van der Waals surface area contributed by atoms with Crippen LogP contribution in [0.2, 0.25) is 0 Å². The van der Waals surface area contributed by atoms with Crippen LogP contribution in [0, 0.1) is 0 Å². The van der Waals surface area contributed by atoms with Gasteiger partial charge in [0.2, 0.25) is 0 Å². The lowest BCUT2D eigenvalue weighted by molar-refractivity contribution is -0.118. The Balaban J connectivity index is 2.11. The molecule has 1 saturated heterocycles. The summed E-state index contributed by atoms with van der Waals surface area (Å²) in [4.78, 5) is 11.0. The fourth-order valence-electron chi connectivity index (χ4n) is 2.35. The summed E-state index contributed by atoms with van der Waals surface area (Å²) in [6.07, 6.45) is 7.91. The average molecular weight is 242 g/mol. The van der Waals surface area contributed by atoms with Crippen LogP contribution in [-0.2, 0) is 4.79 Å². The number of unbranched alkanes of at least 4 members (excludes halogenated alkanes) is 1. The van der Waals surface area contributed by atoms with Gasteiger partial charge < -0.3 is 10.8 Å². The highest BCUT2D eigenvalue weighted by molar-refractivity contribution is 5.80. The highest BCUT2D eigenvalue weighted by atomic mass is 16.3. The van der Waals surface area contributed by atoms with Gasteiger partial charge >= 0.3 is 0 Å². The number of hydrogen-bond acceptors (Lipinski definition) is 4. The number of ketones is 1. The normalized spacial score (nSPS) is 27.5. The molecule has 1 fully saturated rings. The zero-order valence-electron chi connectivity index (χ0n) is 10.8. The fourth-order valence-corrected chi connectivity index (χ4v) is 2.35. The van der Waals surface area contributed by atoms with Gasteiger partial charge in [-0.3, -0.25) is 10.1 Å².